The van der Waals surface area contributed by atoms with E-state index in [1.54, 1.807) is 0 Å². The van der Waals surface area contributed by atoms with Gasteiger partial charge in [0.1, 0.15) is 5.54 Å². The van der Waals surface area contributed by atoms with Crippen LogP contribution in [0.15, 0.2) is 28.7 Å². The molecule has 94 valence electrons. The first-order valence-corrected chi connectivity index (χ1v) is 6.31. The summed E-state index contributed by atoms with van der Waals surface area (Å²) in [6.45, 7) is 5.83. The predicted octanol–water partition coefficient (Wildman–Crippen LogP) is 3.45. The molecule has 0 radical (unpaired) electrons. The molecule has 0 heterocycles. The Hall–Kier alpha value is -1.03. The maximum Gasteiger partial charge on any atom is 0.331 e. The van der Waals surface area contributed by atoms with Crippen LogP contribution in [0.4, 0.5) is 5.69 Å². The number of carbonyl (C=O) groups excluding carboxylic acids is 1. The van der Waals surface area contributed by atoms with Crippen molar-refractivity contribution in [3.63, 3.8) is 0 Å². The van der Waals surface area contributed by atoms with E-state index in [2.05, 4.69) is 21.2 Å². The second-order valence-electron chi connectivity index (χ2n) is 4.48. The lowest BCUT2D eigenvalue weighted by Gasteiger charge is -2.32. The largest absolute Gasteiger partial charge is 0.467 e. The highest BCUT2D eigenvalue weighted by atomic mass is 79.9. The zero-order valence-corrected chi connectivity index (χ0v) is 12.2. The molecule has 1 N–H and O–H groups in total. The maximum atomic E-state index is 11.9. The minimum atomic E-state index is -0.720. The van der Waals surface area contributed by atoms with Crippen molar-refractivity contribution < 1.29 is 9.53 Å². The maximum absolute atomic E-state index is 11.9. The summed E-state index contributed by atoms with van der Waals surface area (Å²) in [5.74, 6) is -0.131. The van der Waals surface area contributed by atoms with E-state index >= 15 is 0 Å². The molecule has 1 rings (SSSR count). The van der Waals surface area contributed by atoms with Crippen LogP contribution in [-0.4, -0.2) is 18.6 Å². The van der Waals surface area contributed by atoms with Gasteiger partial charge in [-0.05, 0) is 37.1 Å². The van der Waals surface area contributed by atoms with Crippen molar-refractivity contribution in [1.82, 2.24) is 0 Å². The quantitative estimate of drug-likeness (QED) is 0.866. The fourth-order valence-corrected chi connectivity index (χ4v) is 1.74. The molecule has 1 atom stereocenters. The van der Waals surface area contributed by atoms with Crippen molar-refractivity contribution in [3.8, 4) is 0 Å². The van der Waals surface area contributed by atoms with Gasteiger partial charge in [0.05, 0.1) is 7.11 Å². The lowest BCUT2D eigenvalue weighted by Crippen LogP contribution is -2.48. The Morgan fingerprint density at radius 1 is 1.35 bits per heavy atom. The predicted molar refractivity (Wildman–Crippen MR) is 73.0 cm³/mol. The zero-order chi connectivity index (χ0) is 13.1. The number of methoxy groups -OCH3 is 1. The smallest absolute Gasteiger partial charge is 0.331 e. The summed E-state index contributed by atoms with van der Waals surface area (Å²) >= 11 is 3.38. The number of ether oxygens (including phenoxy) is 1. The van der Waals surface area contributed by atoms with E-state index in [-0.39, 0.29) is 11.9 Å². The summed E-state index contributed by atoms with van der Waals surface area (Å²) in [6, 6.07) is 7.71. The fraction of sp³-hybridized carbons (Fsp3) is 0.462. The second-order valence-corrected chi connectivity index (χ2v) is 5.40. The number of hydrogen-bond acceptors (Lipinski definition) is 3. The molecular formula is C13H18BrNO2. The van der Waals surface area contributed by atoms with Crippen LogP contribution in [0, 0.1) is 5.92 Å². The van der Waals surface area contributed by atoms with Gasteiger partial charge in [0.25, 0.3) is 0 Å². The molecule has 0 bridgehead atoms. The molecule has 3 nitrogen and oxygen atoms in total. The number of carbonyl (C=O) groups is 1. The van der Waals surface area contributed by atoms with Crippen molar-refractivity contribution in [2.45, 2.75) is 26.3 Å². The van der Waals surface area contributed by atoms with Crippen LogP contribution in [0.3, 0.4) is 0 Å². The molecule has 4 heteroatoms. The molecule has 0 saturated carbocycles. The van der Waals surface area contributed by atoms with Crippen LogP contribution in [0.25, 0.3) is 0 Å². The van der Waals surface area contributed by atoms with Gasteiger partial charge in [-0.25, -0.2) is 4.79 Å². The Kier molecular flexibility index (Phi) is 4.57. The summed E-state index contributed by atoms with van der Waals surface area (Å²) in [7, 11) is 1.41. The van der Waals surface area contributed by atoms with Crippen molar-refractivity contribution >= 4 is 27.6 Å². The van der Waals surface area contributed by atoms with E-state index in [1.165, 1.54) is 7.11 Å². The molecule has 0 amide bonds. The van der Waals surface area contributed by atoms with E-state index in [1.807, 2.05) is 45.0 Å². The minimum Gasteiger partial charge on any atom is -0.467 e. The third kappa shape index (κ3) is 3.22. The molecule has 0 spiro atoms. The van der Waals surface area contributed by atoms with Crippen LogP contribution in [-0.2, 0) is 9.53 Å². The molecular weight excluding hydrogens is 282 g/mol. The van der Waals surface area contributed by atoms with E-state index in [4.69, 9.17) is 4.74 Å². The molecule has 1 unspecified atom stereocenters. The Bertz CT molecular complexity index is 389. The number of halogens is 1. The lowest BCUT2D eigenvalue weighted by atomic mass is 9.88. The van der Waals surface area contributed by atoms with Gasteiger partial charge in [-0.3, -0.25) is 0 Å². The topological polar surface area (TPSA) is 38.3 Å². The first-order chi connectivity index (χ1) is 7.90. The molecule has 1 aromatic rings. The summed E-state index contributed by atoms with van der Waals surface area (Å²) in [6.07, 6.45) is 0. The van der Waals surface area contributed by atoms with E-state index < -0.39 is 5.54 Å². The number of nitrogens with one attached hydrogen (secondary N) is 1. The standard InChI is InChI=1S/C13H18BrNO2/c1-9(2)13(3,12(16)17-4)15-11-7-5-10(14)6-8-11/h5-9,15H,1-4H3. The SMILES string of the molecule is COC(=O)C(C)(Nc1ccc(Br)cc1)C(C)C. The Morgan fingerprint density at radius 2 is 1.88 bits per heavy atom. The van der Waals surface area contributed by atoms with Crippen molar-refractivity contribution in [2.24, 2.45) is 5.92 Å². The molecule has 0 aliphatic rings. The summed E-state index contributed by atoms with van der Waals surface area (Å²) in [4.78, 5) is 11.9. The van der Waals surface area contributed by atoms with Gasteiger partial charge in [-0.1, -0.05) is 29.8 Å². The monoisotopic (exact) mass is 299 g/mol. The minimum absolute atomic E-state index is 0.124. The Labute approximate surface area is 111 Å². The van der Waals surface area contributed by atoms with Crippen LogP contribution in [0.5, 0.6) is 0 Å². The summed E-state index contributed by atoms with van der Waals surface area (Å²) in [5, 5.41) is 3.24. The van der Waals surface area contributed by atoms with Gasteiger partial charge in [0.15, 0.2) is 0 Å². The van der Waals surface area contributed by atoms with Gasteiger partial charge in [-0.2, -0.15) is 0 Å². The fourth-order valence-electron chi connectivity index (χ4n) is 1.48. The molecule has 0 aliphatic heterocycles. The molecule has 17 heavy (non-hydrogen) atoms. The van der Waals surface area contributed by atoms with Crippen molar-refractivity contribution in [3.05, 3.63) is 28.7 Å². The van der Waals surface area contributed by atoms with Crippen molar-refractivity contribution in [1.29, 1.82) is 0 Å². The number of rotatable bonds is 4. The first kappa shape index (κ1) is 14.0. The van der Waals surface area contributed by atoms with Gasteiger partial charge in [0, 0.05) is 10.2 Å². The molecule has 0 aromatic heterocycles. The van der Waals surface area contributed by atoms with E-state index in [0.717, 1.165) is 10.2 Å². The van der Waals surface area contributed by atoms with Crippen LogP contribution >= 0.6 is 15.9 Å². The second kappa shape index (κ2) is 5.54. The summed E-state index contributed by atoms with van der Waals surface area (Å²) in [5.41, 5.74) is 0.178. The Balaban J connectivity index is 2.95. The molecule has 1 aromatic carbocycles. The van der Waals surface area contributed by atoms with E-state index in [0.29, 0.717) is 0 Å². The number of benzene rings is 1. The van der Waals surface area contributed by atoms with E-state index in [9.17, 15) is 4.79 Å². The lowest BCUT2D eigenvalue weighted by molar-refractivity contribution is -0.146. The highest BCUT2D eigenvalue weighted by molar-refractivity contribution is 9.10. The number of anilines is 1. The molecule has 0 saturated heterocycles. The van der Waals surface area contributed by atoms with Gasteiger partial charge in [-0.15, -0.1) is 0 Å². The van der Waals surface area contributed by atoms with Crippen LogP contribution in [0.2, 0.25) is 0 Å². The highest BCUT2D eigenvalue weighted by Crippen LogP contribution is 2.25. The zero-order valence-electron chi connectivity index (χ0n) is 10.6. The average Bonchev–Trinajstić information content (AvgIpc) is 2.30. The third-order valence-electron chi connectivity index (χ3n) is 3.01. The Morgan fingerprint density at radius 3 is 2.29 bits per heavy atom. The normalized spacial score (nSPS) is 14.2. The van der Waals surface area contributed by atoms with Crippen molar-refractivity contribution in [2.75, 3.05) is 12.4 Å². The highest BCUT2D eigenvalue weighted by Gasteiger charge is 2.37. The summed E-state index contributed by atoms with van der Waals surface area (Å²) < 4.78 is 5.87. The van der Waals surface area contributed by atoms with Crippen LogP contribution in [0.1, 0.15) is 20.8 Å². The van der Waals surface area contributed by atoms with Crippen LogP contribution < -0.4 is 5.32 Å². The average molecular weight is 300 g/mol. The first-order valence-electron chi connectivity index (χ1n) is 5.52. The third-order valence-corrected chi connectivity index (χ3v) is 3.54. The number of hydrogen-bond donors (Lipinski definition) is 1. The van der Waals surface area contributed by atoms with Gasteiger partial charge in [0.2, 0.25) is 0 Å². The molecule has 0 fully saturated rings. The molecule has 0 aliphatic carbocycles. The van der Waals surface area contributed by atoms with Gasteiger partial charge >= 0.3 is 5.97 Å². The van der Waals surface area contributed by atoms with Gasteiger partial charge < -0.3 is 10.1 Å². The number of esters is 1.